The maximum Gasteiger partial charge on any atom is 0.261 e. The molecule has 108 valence electrons. The molecule has 20 heavy (non-hydrogen) atoms. The zero-order valence-electron chi connectivity index (χ0n) is 11.0. The standard InChI is InChI=1S/C14H17ClN2O2S/c15-11-7-3-4-8-12(11)20-17-14(19)10-6-2-1-5-9(10)13(16)18/h1-2,5-6,11-12H,3-4,7-8H2,(H2,16,18)(H,17,19). The lowest BCUT2D eigenvalue weighted by Crippen LogP contribution is -2.29. The van der Waals surface area contributed by atoms with Crippen molar-refractivity contribution < 1.29 is 9.59 Å². The number of hydrogen-bond acceptors (Lipinski definition) is 3. The second kappa shape index (κ2) is 6.99. The van der Waals surface area contributed by atoms with Crippen LogP contribution >= 0.6 is 23.5 Å². The summed E-state index contributed by atoms with van der Waals surface area (Å²) in [4.78, 5) is 23.4. The van der Waals surface area contributed by atoms with Gasteiger partial charge in [0, 0.05) is 10.6 Å². The molecule has 0 radical (unpaired) electrons. The highest BCUT2D eigenvalue weighted by Gasteiger charge is 2.25. The van der Waals surface area contributed by atoms with Gasteiger partial charge in [0.1, 0.15) is 0 Å². The highest BCUT2D eigenvalue weighted by molar-refractivity contribution is 7.98. The first-order valence-corrected chi connectivity index (χ1v) is 7.90. The molecule has 1 aliphatic carbocycles. The van der Waals surface area contributed by atoms with Crippen LogP contribution in [0.1, 0.15) is 46.4 Å². The van der Waals surface area contributed by atoms with E-state index < -0.39 is 5.91 Å². The first-order valence-electron chi connectivity index (χ1n) is 6.58. The molecule has 0 heterocycles. The number of carbonyl (C=O) groups excluding carboxylic acids is 2. The maximum atomic E-state index is 12.1. The predicted octanol–water partition coefficient (Wildman–Crippen LogP) is 2.71. The topological polar surface area (TPSA) is 72.2 Å². The van der Waals surface area contributed by atoms with Gasteiger partial charge in [0.2, 0.25) is 5.91 Å². The molecule has 0 aromatic heterocycles. The number of nitrogens with two attached hydrogens (primary N) is 1. The summed E-state index contributed by atoms with van der Waals surface area (Å²) in [5, 5.41) is 0.301. The summed E-state index contributed by atoms with van der Waals surface area (Å²) in [5.74, 6) is -0.910. The normalized spacial score (nSPS) is 22.2. The first kappa shape index (κ1) is 15.2. The number of rotatable bonds is 4. The predicted molar refractivity (Wildman–Crippen MR) is 81.9 cm³/mol. The molecule has 1 aromatic rings. The summed E-state index contributed by atoms with van der Waals surface area (Å²) in [5.41, 5.74) is 5.80. The SMILES string of the molecule is NC(=O)c1ccccc1C(=O)NSC1CCCCC1Cl. The number of amides is 2. The van der Waals surface area contributed by atoms with E-state index in [2.05, 4.69) is 4.72 Å². The minimum Gasteiger partial charge on any atom is -0.366 e. The Labute approximate surface area is 127 Å². The number of nitrogens with one attached hydrogen (secondary N) is 1. The highest BCUT2D eigenvalue weighted by Crippen LogP contribution is 2.30. The van der Waals surface area contributed by atoms with Gasteiger partial charge >= 0.3 is 0 Å². The summed E-state index contributed by atoms with van der Waals surface area (Å²) in [6.07, 6.45) is 4.25. The third-order valence-electron chi connectivity index (χ3n) is 3.36. The number of carbonyl (C=O) groups is 2. The smallest absolute Gasteiger partial charge is 0.261 e. The van der Waals surface area contributed by atoms with E-state index in [0.717, 1.165) is 25.7 Å². The van der Waals surface area contributed by atoms with E-state index in [-0.39, 0.29) is 22.1 Å². The highest BCUT2D eigenvalue weighted by atomic mass is 35.5. The van der Waals surface area contributed by atoms with Crippen LogP contribution in [0.2, 0.25) is 0 Å². The largest absolute Gasteiger partial charge is 0.366 e. The minimum atomic E-state index is -0.603. The molecule has 4 nitrogen and oxygen atoms in total. The Bertz CT molecular complexity index is 510. The second-order valence-electron chi connectivity index (χ2n) is 4.80. The molecular weight excluding hydrogens is 296 g/mol. The van der Waals surface area contributed by atoms with Crippen LogP contribution in [0.4, 0.5) is 0 Å². The molecule has 1 fully saturated rings. The van der Waals surface area contributed by atoms with Crippen molar-refractivity contribution in [3.63, 3.8) is 0 Å². The first-order chi connectivity index (χ1) is 9.59. The zero-order chi connectivity index (χ0) is 14.5. The molecule has 0 saturated heterocycles. The average molecular weight is 313 g/mol. The van der Waals surface area contributed by atoms with Gasteiger partial charge in [-0.2, -0.15) is 0 Å². The maximum absolute atomic E-state index is 12.1. The van der Waals surface area contributed by atoms with E-state index in [0.29, 0.717) is 5.56 Å². The summed E-state index contributed by atoms with van der Waals surface area (Å²) in [7, 11) is 0. The van der Waals surface area contributed by atoms with Crippen LogP contribution in [0.3, 0.4) is 0 Å². The number of hydrogen-bond donors (Lipinski definition) is 2. The van der Waals surface area contributed by atoms with Crippen LogP contribution in [0.15, 0.2) is 24.3 Å². The summed E-state index contributed by atoms with van der Waals surface area (Å²) >= 11 is 7.59. The Morgan fingerprint density at radius 3 is 2.50 bits per heavy atom. The van der Waals surface area contributed by atoms with Crippen LogP contribution < -0.4 is 10.5 Å². The lowest BCUT2D eigenvalue weighted by molar-refractivity contribution is 0.0958. The fourth-order valence-electron chi connectivity index (χ4n) is 2.26. The zero-order valence-corrected chi connectivity index (χ0v) is 12.5. The molecule has 0 bridgehead atoms. The molecule has 0 aliphatic heterocycles. The molecule has 2 atom stereocenters. The van der Waals surface area contributed by atoms with Crippen molar-refractivity contribution in [1.29, 1.82) is 0 Å². The molecule has 6 heteroatoms. The Kier molecular flexibility index (Phi) is 5.31. The molecular formula is C14H17ClN2O2S. The third-order valence-corrected chi connectivity index (χ3v) is 5.20. The van der Waals surface area contributed by atoms with Crippen LogP contribution in [-0.2, 0) is 0 Å². The van der Waals surface area contributed by atoms with Crippen molar-refractivity contribution in [2.24, 2.45) is 5.73 Å². The van der Waals surface area contributed by atoms with Gasteiger partial charge < -0.3 is 5.73 Å². The van der Waals surface area contributed by atoms with E-state index in [9.17, 15) is 9.59 Å². The molecule has 2 rings (SSSR count). The molecule has 1 aromatic carbocycles. The van der Waals surface area contributed by atoms with Crippen LogP contribution in [0.5, 0.6) is 0 Å². The van der Waals surface area contributed by atoms with Crippen molar-refractivity contribution in [2.75, 3.05) is 0 Å². The Hall–Kier alpha value is -1.20. The van der Waals surface area contributed by atoms with Gasteiger partial charge in [0.05, 0.1) is 11.1 Å². The van der Waals surface area contributed by atoms with E-state index in [1.165, 1.54) is 11.9 Å². The van der Waals surface area contributed by atoms with Crippen LogP contribution in [0, 0.1) is 0 Å². The van der Waals surface area contributed by atoms with Gasteiger partial charge in [-0.15, -0.1) is 11.6 Å². The van der Waals surface area contributed by atoms with Crippen molar-refractivity contribution in [3.05, 3.63) is 35.4 Å². The number of alkyl halides is 1. The lowest BCUT2D eigenvalue weighted by atomic mass is 10.00. The van der Waals surface area contributed by atoms with Crippen molar-refractivity contribution in [2.45, 2.75) is 36.3 Å². The quantitative estimate of drug-likeness (QED) is 0.663. The fourth-order valence-corrected chi connectivity index (χ4v) is 3.64. The molecule has 1 saturated carbocycles. The molecule has 1 aliphatic rings. The Morgan fingerprint density at radius 2 is 1.85 bits per heavy atom. The van der Waals surface area contributed by atoms with Gasteiger partial charge in [-0.25, -0.2) is 0 Å². The summed E-state index contributed by atoms with van der Waals surface area (Å²) in [6, 6.07) is 6.53. The van der Waals surface area contributed by atoms with Crippen molar-refractivity contribution in [3.8, 4) is 0 Å². The van der Waals surface area contributed by atoms with Gasteiger partial charge in [-0.1, -0.05) is 25.0 Å². The van der Waals surface area contributed by atoms with Gasteiger partial charge in [-0.05, 0) is 36.9 Å². The molecule has 3 N–H and O–H groups in total. The van der Waals surface area contributed by atoms with Gasteiger partial charge in [-0.3, -0.25) is 14.3 Å². The van der Waals surface area contributed by atoms with Crippen LogP contribution in [-0.4, -0.2) is 22.4 Å². The monoisotopic (exact) mass is 312 g/mol. The summed E-state index contributed by atoms with van der Waals surface area (Å²) in [6.45, 7) is 0. The fraction of sp³-hybridized carbons (Fsp3) is 0.429. The van der Waals surface area contributed by atoms with Crippen molar-refractivity contribution in [1.82, 2.24) is 4.72 Å². The molecule has 2 unspecified atom stereocenters. The number of primary amides is 1. The van der Waals surface area contributed by atoms with Gasteiger partial charge in [0.25, 0.3) is 5.91 Å². The Morgan fingerprint density at radius 1 is 1.20 bits per heavy atom. The third kappa shape index (κ3) is 3.67. The van der Waals surface area contributed by atoms with E-state index >= 15 is 0 Å². The van der Waals surface area contributed by atoms with E-state index in [1.54, 1.807) is 24.3 Å². The second-order valence-corrected chi connectivity index (χ2v) is 6.40. The summed E-state index contributed by atoms with van der Waals surface area (Å²) < 4.78 is 2.78. The van der Waals surface area contributed by atoms with Crippen LogP contribution in [0.25, 0.3) is 0 Å². The Balaban J connectivity index is 2.00. The van der Waals surface area contributed by atoms with E-state index in [1.807, 2.05) is 0 Å². The average Bonchev–Trinajstić information content (AvgIpc) is 2.46. The lowest BCUT2D eigenvalue weighted by Gasteiger charge is -2.26. The van der Waals surface area contributed by atoms with Gasteiger partial charge in [0.15, 0.2) is 0 Å². The molecule has 0 spiro atoms. The number of halogens is 1. The number of benzene rings is 1. The molecule has 2 amide bonds. The van der Waals surface area contributed by atoms with E-state index in [4.69, 9.17) is 17.3 Å². The minimum absolute atomic E-state index is 0.0837. The van der Waals surface area contributed by atoms with Crippen molar-refractivity contribution >= 4 is 35.4 Å².